The van der Waals surface area contributed by atoms with Crippen molar-refractivity contribution in [1.82, 2.24) is 10.2 Å². The van der Waals surface area contributed by atoms with Gasteiger partial charge < -0.3 is 15.0 Å². The minimum Gasteiger partial charge on any atom is -0.488 e. The highest BCUT2D eigenvalue weighted by Gasteiger charge is 2.11. The average molecular weight is 306 g/mol. The van der Waals surface area contributed by atoms with E-state index in [1.807, 2.05) is 45.0 Å². The lowest BCUT2D eigenvalue weighted by Crippen LogP contribution is -2.35. The van der Waals surface area contributed by atoms with Crippen LogP contribution in [0.1, 0.15) is 40.2 Å². The zero-order valence-electron chi connectivity index (χ0n) is 14.6. The minimum atomic E-state index is -0.205. The van der Waals surface area contributed by atoms with Crippen molar-refractivity contribution in [3.05, 3.63) is 29.8 Å². The van der Waals surface area contributed by atoms with E-state index in [0.717, 1.165) is 30.9 Å². The van der Waals surface area contributed by atoms with Crippen molar-refractivity contribution >= 4 is 5.91 Å². The molecule has 1 rings (SSSR count). The molecule has 0 aliphatic rings. The van der Waals surface area contributed by atoms with E-state index in [9.17, 15) is 4.79 Å². The number of benzene rings is 1. The van der Waals surface area contributed by atoms with E-state index in [1.165, 1.54) is 0 Å². The molecule has 0 atom stereocenters. The summed E-state index contributed by atoms with van der Waals surface area (Å²) in [6.45, 7) is 13.9. The number of likely N-dealkylation sites (N-methyl/N-ethyl adjacent to an activating group) is 1. The van der Waals surface area contributed by atoms with Crippen LogP contribution in [0.25, 0.3) is 0 Å². The summed E-state index contributed by atoms with van der Waals surface area (Å²) in [5, 5.41) is 2.97. The summed E-state index contributed by atoms with van der Waals surface area (Å²) in [6.07, 6.45) is 0.411. The molecular formula is C18H30N2O2. The van der Waals surface area contributed by atoms with E-state index >= 15 is 0 Å². The van der Waals surface area contributed by atoms with Crippen molar-refractivity contribution in [1.29, 1.82) is 0 Å². The fourth-order valence-corrected chi connectivity index (χ4v) is 2.17. The van der Waals surface area contributed by atoms with Crippen LogP contribution in [0.15, 0.2) is 24.3 Å². The molecule has 22 heavy (non-hydrogen) atoms. The summed E-state index contributed by atoms with van der Waals surface area (Å²) in [7, 11) is 0. The maximum Gasteiger partial charge on any atom is 0.224 e. The topological polar surface area (TPSA) is 41.6 Å². The number of nitrogens with one attached hydrogen (secondary N) is 1. The van der Waals surface area contributed by atoms with Crippen molar-refractivity contribution in [2.45, 2.75) is 46.6 Å². The highest BCUT2D eigenvalue weighted by atomic mass is 16.5. The van der Waals surface area contributed by atoms with Gasteiger partial charge in [-0.3, -0.25) is 4.79 Å². The third-order valence-corrected chi connectivity index (χ3v) is 3.36. The monoisotopic (exact) mass is 306 g/mol. The number of hydrogen-bond acceptors (Lipinski definition) is 3. The molecule has 1 aromatic rings. The lowest BCUT2D eigenvalue weighted by atomic mass is 10.1. The van der Waals surface area contributed by atoms with Gasteiger partial charge in [0.15, 0.2) is 0 Å². The first-order chi connectivity index (χ1) is 10.3. The van der Waals surface area contributed by atoms with Gasteiger partial charge in [0.05, 0.1) is 6.42 Å². The van der Waals surface area contributed by atoms with E-state index in [-0.39, 0.29) is 11.5 Å². The van der Waals surface area contributed by atoms with Crippen molar-refractivity contribution in [3.63, 3.8) is 0 Å². The first-order valence-electron chi connectivity index (χ1n) is 8.11. The number of rotatable bonds is 8. The Hall–Kier alpha value is -1.55. The largest absolute Gasteiger partial charge is 0.488 e. The Morgan fingerprint density at radius 1 is 1.14 bits per heavy atom. The quantitative estimate of drug-likeness (QED) is 0.803. The lowest BCUT2D eigenvalue weighted by Gasteiger charge is -2.21. The predicted octanol–water partition coefficient (Wildman–Crippen LogP) is 2.86. The second kappa shape index (κ2) is 8.79. The van der Waals surface area contributed by atoms with Gasteiger partial charge in [-0.1, -0.05) is 26.0 Å². The van der Waals surface area contributed by atoms with Crippen LogP contribution in [0.4, 0.5) is 0 Å². The van der Waals surface area contributed by atoms with Gasteiger partial charge in [0.1, 0.15) is 11.4 Å². The molecule has 1 N–H and O–H groups in total. The van der Waals surface area contributed by atoms with Gasteiger partial charge in [0.2, 0.25) is 5.91 Å². The van der Waals surface area contributed by atoms with Crippen LogP contribution < -0.4 is 10.1 Å². The van der Waals surface area contributed by atoms with Gasteiger partial charge in [-0.2, -0.15) is 0 Å². The molecule has 0 fully saturated rings. The van der Waals surface area contributed by atoms with E-state index in [2.05, 4.69) is 24.1 Å². The highest BCUT2D eigenvalue weighted by molar-refractivity contribution is 5.78. The number of nitrogens with zero attached hydrogens (tertiary/aromatic N) is 1. The van der Waals surface area contributed by atoms with Gasteiger partial charge in [0, 0.05) is 13.1 Å². The summed E-state index contributed by atoms with van der Waals surface area (Å²) in [4.78, 5) is 14.2. The van der Waals surface area contributed by atoms with Gasteiger partial charge in [-0.25, -0.2) is 0 Å². The summed E-state index contributed by atoms with van der Waals surface area (Å²) in [5.41, 5.74) is 0.796. The van der Waals surface area contributed by atoms with E-state index in [4.69, 9.17) is 4.74 Å². The van der Waals surface area contributed by atoms with Gasteiger partial charge in [0.25, 0.3) is 0 Å². The zero-order valence-corrected chi connectivity index (χ0v) is 14.6. The summed E-state index contributed by atoms with van der Waals surface area (Å²) in [5.74, 6) is 0.898. The molecule has 0 spiro atoms. The van der Waals surface area contributed by atoms with Crippen molar-refractivity contribution in [2.75, 3.05) is 26.2 Å². The lowest BCUT2D eigenvalue weighted by molar-refractivity contribution is -0.120. The number of ether oxygens (including phenoxy) is 1. The first kappa shape index (κ1) is 18.5. The maximum atomic E-state index is 11.9. The van der Waals surface area contributed by atoms with Crippen LogP contribution in [-0.4, -0.2) is 42.6 Å². The van der Waals surface area contributed by atoms with E-state index < -0.39 is 0 Å². The molecule has 1 amide bonds. The van der Waals surface area contributed by atoms with E-state index in [1.54, 1.807) is 0 Å². The molecule has 0 heterocycles. The molecule has 1 aromatic carbocycles. The van der Waals surface area contributed by atoms with Crippen molar-refractivity contribution in [3.8, 4) is 5.75 Å². The fraction of sp³-hybridized carbons (Fsp3) is 0.611. The number of carbonyl (C=O) groups excluding carboxylic acids is 1. The summed E-state index contributed by atoms with van der Waals surface area (Å²) >= 11 is 0. The molecule has 0 bridgehead atoms. The van der Waals surface area contributed by atoms with Crippen LogP contribution in [0, 0.1) is 0 Å². The van der Waals surface area contributed by atoms with Crippen LogP contribution in [0.5, 0.6) is 5.75 Å². The average Bonchev–Trinajstić information content (AvgIpc) is 2.44. The first-order valence-corrected chi connectivity index (χ1v) is 8.11. The Kier molecular flexibility index (Phi) is 7.39. The highest BCUT2D eigenvalue weighted by Crippen LogP contribution is 2.18. The summed E-state index contributed by atoms with van der Waals surface area (Å²) < 4.78 is 5.77. The predicted molar refractivity (Wildman–Crippen MR) is 91.3 cm³/mol. The molecule has 0 saturated heterocycles. The second-order valence-corrected chi connectivity index (χ2v) is 6.41. The molecule has 0 unspecified atom stereocenters. The molecule has 0 aliphatic heterocycles. The molecular weight excluding hydrogens is 276 g/mol. The Morgan fingerprint density at radius 3 is 2.23 bits per heavy atom. The molecule has 0 aromatic heterocycles. The number of hydrogen-bond donors (Lipinski definition) is 1. The normalized spacial score (nSPS) is 11.5. The van der Waals surface area contributed by atoms with Crippen LogP contribution in [0.2, 0.25) is 0 Å². The van der Waals surface area contributed by atoms with Gasteiger partial charge in [-0.15, -0.1) is 0 Å². The van der Waals surface area contributed by atoms with Gasteiger partial charge >= 0.3 is 0 Å². The van der Waals surface area contributed by atoms with Crippen molar-refractivity contribution in [2.24, 2.45) is 0 Å². The maximum absolute atomic E-state index is 11.9. The summed E-state index contributed by atoms with van der Waals surface area (Å²) in [6, 6.07) is 7.74. The Bertz CT molecular complexity index is 445. The third kappa shape index (κ3) is 7.46. The van der Waals surface area contributed by atoms with E-state index in [0.29, 0.717) is 13.0 Å². The fourth-order valence-electron chi connectivity index (χ4n) is 2.17. The van der Waals surface area contributed by atoms with Crippen LogP contribution in [0.3, 0.4) is 0 Å². The van der Waals surface area contributed by atoms with Crippen LogP contribution in [-0.2, 0) is 11.2 Å². The molecule has 0 radical (unpaired) electrons. The second-order valence-electron chi connectivity index (χ2n) is 6.41. The Labute approximate surface area is 134 Å². The molecule has 4 heteroatoms. The standard InChI is InChI=1S/C18H30N2O2/c1-6-20(7-2)13-12-19-17(21)14-15-8-10-16(11-9-15)22-18(3,4)5/h8-11H,6-7,12-14H2,1-5H3,(H,19,21). The molecule has 0 aliphatic carbocycles. The number of amides is 1. The van der Waals surface area contributed by atoms with Crippen LogP contribution >= 0.6 is 0 Å². The Morgan fingerprint density at radius 2 is 1.73 bits per heavy atom. The van der Waals surface area contributed by atoms with Gasteiger partial charge in [-0.05, 0) is 51.6 Å². The SMILES string of the molecule is CCN(CC)CCNC(=O)Cc1ccc(OC(C)(C)C)cc1. The Balaban J connectivity index is 2.38. The molecule has 4 nitrogen and oxygen atoms in total. The third-order valence-electron chi connectivity index (χ3n) is 3.36. The zero-order chi connectivity index (χ0) is 16.6. The molecule has 124 valence electrons. The smallest absolute Gasteiger partial charge is 0.224 e. The minimum absolute atomic E-state index is 0.0663. The van der Waals surface area contributed by atoms with Crippen molar-refractivity contribution < 1.29 is 9.53 Å². The molecule has 0 saturated carbocycles. The number of carbonyl (C=O) groups is 1.